The van der Waals surface area contributed by atoms with Gasteiger partial charge in [-0.15, -0.1) is 13.2 Å². The van der Waals surface area contributed by atoms with Crippen LogP contribution in [0.2, 0.25) is 0 Å². The van der Waals surface area contributed by atoms with Crippen molar-refractivity contribution in [3.63, 3.8) is 0 Å². The molecule has 0 bridgehead atoms. The molecule has 0 radical (unpaired) electrons. The molecule has 0 fully saturated rings. The number of alkyl halides is 3. The Hall–Kier alpha value is -2.23. The van der Waals surface area contributed by atoms with E-state index in [4.69, 9.17) is 0 Å². The number of ether oxygens (including phenoxy) is 1. The van der Waals surface area contributed by atoms with Crippen molar-refractivity contribution in [1.82, 2.24) is 10.2 Å². The molecule has 6 nitrogen and oxygen atoms in total. The van der Waals surface area contributed by atoms with E-state index in [9.17, 15) is 21.6 Å². The van der Waals surface area contributed by atoms with E-state index >= 15 is 0 Å². The molecule has 1 heterocycles. The monoisotopic (exact) mass is 321 g/mol. The van der Waals surface area contributed by atoms with Crippen LogP contribution in [0.5, 0.6) is 5.75 Å². The van der Waals surface area contributed by atoms with Crippen LogP contribution >= 0.6 is 0 Å². The smallest absolute Gasteiger partial charge is 0.404 e. The first kappa shape index (κ1) is 15.2. The first-order chi connectivity index (χ1) is 9.69. The Balaban J connectivity index is 2.34. The number of sulfonamides is 1. The van der Waals surface area contributed by atoms with E-state index in [1.54, 1.807) is 0 Å². The maximum Gasteiger partial charge on any atom is 0.573 e. The average molecular weight is 321 g/mol. The number of benzene rings is 1. The number of halogens is 3. The van der Waals surface area contributed by atoms with Crippen molar-refractivity contribution < 1.29 is 26.3 Å². The molecule has 1 aromatic carbocycles. The molecule has 0 unspecified atom stereocenters. The van der Waals surface area contributed by atoms with Gasteiger partial charge in [0.05, 0.1) is 17.6 Å². The fourth-order valence-corrected chi connectivity index (χ4v) is 2.78. The number of aromatic amines is 1. The molecule has 0 amide bonds. The molecule has 10 heteroatoms. The number of anilines is 1. The first-order valence-electron chi connectivity index (χ1n) is 5.56. The Morgan fingerprint density at radius 3 is 2.52 bits per heavy atom. The lowest BCUT2D eigenvalue weighted by atomic mass is 10.3. The number of hydrogen-bond acceptors (Lipinski definition) is 4. The minimum Gasteiger partial charge on any atom is -0.404 e. The minimum atomic E-state index is -4.92. The zero-order valence-electron chi connectivity index (χ0n) is 10.6. The van der Waals surface area contributed by atoms with E-state index < -0.39 is 22.1 Å². The molecule has 114 valence electrons. The molecule has 0 aliphatic rings. The van der Waals surface area contributed by atoms with Crippen molar-refractivity contribution in [1.29, 1.82) is 0 Å². The first-order valence-corrected chi connectivity index (χ1v) is 7.05. The third kappa shape index (κ3) is 3.66. The SMILES string of the molecule is Cc1[nH]ncc1S(=O)(=O)Nc1ccccc1OC(F)(F)F. The highest BCUT2D eigenvalue weighted by Crippen LogP contribution is 2.31. The summed E-state index contributed by atoms with van der Waals surface area (Å²) in [6.07, 6.45) is -3.86. The molecule has 1 aromatic heterocycles. The van der Waals surface area contributed by atoms with Gasteiger partial charge in [-0.1, -0.05) is 12.1 Å². The number of aromatic nitrogens is 2. The highest BCUT2D eigenvalue weighted by Gasteiger charge is 2.32. The largest absolute Gasteiger partial charge is 0.573 e. The highest BCUT2D eigenvalue weighted by atomic mass is 32.2. The summed E-state index contributed by atoms with van der Waals surface area (Å²) in [4.78, 5) is -0.163. The van der Waals surface area contributed by atoms with Gasteiger partial charge in [-0.2, -0.15) is 5.10 Å². The van der Waals surface area contributed by atoms with Gasteiger partial charge < -0.3 is 4.74 Å². The summed E-state index contributed by atoms with van der Waals surface area (Å²) in [5.74, 6) is -0.644. The van der Waals surface area contributed by atoms with Crippen molar-refractivity contribution in [3.05, 3.63) is 36.2 Å². The second kappa shape index (κ2) is 5.28. The number of nitrogens with one attached hydrogen (secondary N) is 2. The van der Waals surface area contributed by atoms with Crippen LogP contribution < -0.4 is 9.46 Å². The average Bonchev–Trinajstić information content (AvgIpc) is 2.77. The summed E-state index contributed by atoms with van der Waals surface area (Å²) in [6, 6.07) is 4.84. The molecule has 21 heavy (non-hydrogen) atoms. The maximum absolute atomic E-state index is 12.3. The second-order valence-electron chi connectivity index (χ2n) is 4.01. The number of rotatable bonds is 4. The van der Waals surface area contributed by atoms with Crippen molar-refractivity contribution in [2.75, 3.05) is 4.72 Å². The van der Waals surface area contributed by atoms with Gasteiger partial charge in [-0.05, 0) is 19.1 Å². The lowest BCUT2D eigenvalue weighted by Crippen LogP contribution is -2.20. The van der Waals surface area contributed by atoms with Crippen LogP contribution in [0.3, 0.4) is 0 Å². The summed E-state index contributed by atoms with van der Waals surface area (Å²) in [5, 5.41) is 5.99. The zero-order chi connectivity index (χ0) is 15.7. The highest BCUT2D eigenvalue weighted by molar-refractivity contribution is 7.92. The Kier molecular flexibility index (Phi) is 3.81. The maximum atomic E-state index is 12.3. The van der Waals surface area contributed by atoms with Crippen LogP contribution in [0.1, 0.15) is 5.69 Å². The predicted octanol–water partition coefficient (Wildman–Crippen LogP) is 2.42. The van der Waals surface area contributed by atoms with E-state index in [0.29, 0.717) is 0 Å². The molecular weight excluding hydrogens is 311 g/mol. The number of H-pyrrole nitrogens is 1. The van der Waals surface area contributed by atoms with Crippen LogP contribution in [0, 0.1) is 6.92 Å². The Labute approximate surface area is 118 Å². The van der Waals surface area contributed by atoms with Crippen molar-refractivity contribution >= 4 is 15.7 Å². The topological polar surface area (TPSA) is 84.1 Å². The molecule has 2 rings (SSSR count). The number of hydrogen-bond donors (Lipinski definition) is 2. The summed E-state index contributed by atoms with van der Waals surface area (Å²) in [7, 11) is -4.07. The molecule has 2 aromatic rings. The Morgan fingerprint density at radius 2 is 1.95 bits per heavy atom. The summed E-state index contributed by atoms with van der Waals surface area (Å²) >= 11 is 0. The minimum absolute atomic E-state index is 0.163. The standard InChI is InChI=1S/C11H10F3N3O3S/c1-7-10(6-15-16-7)21(18,19)17-8-4-2-3-5-9(8)20-11(12,13)14/h2-6,17H,1H3,(H,15,16). The van der Waals surface area contributed by atoms with Gasteiger partial charge in [0.25, 0.3) is 10.0 Å². The quantitative estimate of drug-likeness (QED) is 0.906. The lowest BCUT2D eigenvalue weighted by Gasteiger charge is -2.14. The van der Waals surface area contributed by atoms with Crippen LogP contribution in [0.15, 0.2) is 35.4 Å². The third-order valence-corrected chi connectivity index (χ3v) is 3.91. The van der Waals surface area contributed by atoms with Crippen molar-refractivity contribution in [2.24, 2.45) is 0 Å². The molecule has 0 atom stereocenters. The van der Waals surface area contributed by atoms with Gasteiger partial charge in [0.15, 0.2) is 5.75 Å². The molecule has 0 aliphatic carbocycles. The summed E-state index contributed by atoms with van der Waals surface area (Å²) < 4.78 is 66.8. The molecular formula is C11H10F3N3O3S. The van der Waals surface area contributed by atoms with Gasteiger partial charge in [-0.3, -0.25) is 9.82 Å². The number of nitrogens with zero attached hydrogens (tertiary/aromatic N) is 1. The number of aryl methyl sites for hydroxylation is 1. The van der Waals surface area contributed by atoms with Crippen molar-refractivity contribution in [2.45, 2.75) is 18.2 Å². The lowest BCUT2D eigenvalue weighted by molar-refractivity contribution is -0.274. The predicted molar refractivity (Wildman–Crippen MR) is 67.3 cm³/mol. The van der Waals surface area contributed by atoms with Gasteiger partial charge >= 0.3 is 6.36 Å². The Morgan fingerprint density at radius 1 is 1.29 bits per heavy atom. The fourth-order valence-electron chi connectivity index (χ4n) is 1.57. The zero-order valence-corrected chi connectivity index (χ0v) is 11.4. The second-order valence-corrected chi connectivity index (χ2v) is 5.66. The Bertz CT molecular complexity index is 740. The van der Waals surface area contributed by atoms with E-state index in [2.05, 4.69) is 14.9 Å². The molecule has 0 spiro atoms. The van der Waals surface area contributed by atoms with E-state index in [1.165, 1.54) is 19.1 Å². The molecule has 0 saturated carbocycles. The van der Waals surface area contributed by atoms with Gasteiger partial charge in [0.1, 0.15) is 4.90 Å². The molecule has 0 saturated heterocycles. The van der Waals surface area contributed by atoms with Crippen LogP contribution in [0.4, 0.5) is 18.9 Å². The fraction of sp³-hybridized carbons (Fsp3) is 0.182. The van der Waals surface area contributed by atoms with E-state index in [1.807, 2.05) is 4.72 Å². The summed E-state index contributed by atoms with van der Waals surface area (Å²) in [5.41, 5.74) is -0.0628. The number of para-hydroxylation sites is 2. The third-order valence-electron chi connectivity index (χ3n) is 2.43. The van der Waals surface area contributed by atoms with E-state index in [-0.39, 0.29) is 16.3 Å². The van der Waals surface area contributed by atoms with Crippen LogP contribution in [-0.4, -0.2) is 25.0 Å². The normalized spacial score (nSPS) is 12.2. The van der Waals surface area contributed by atoms with Gasteiger partial charge in [-0.25, -0.2) is 8.42 Å². The van der Waals surface area contributed by atoms with Gasteiger partial charge in [0.2, 0.25) is 0 Å². The van der Waals surface area contributed by atoms with Gasteiger partial charge in [0, 0.05) is 0 Å². The van der Waals surface area contributed by atoms with Crippen LogP contribution in [0.25, 0.3) is 0 Å². The molecule has 0 aliphatic heterocycles. The molecule has 2 N–H and O–H groups in total. The van der Waals surface area contributed by atoms with Crippen LogP contribution in [-0.2, 0) is 10.0 Å². The van der Waals surface area contributed by atoms with Crippen molar-refractivity contribution in [3.8, 4) is 5.75 Å². The van der Waals surface area contributed by atoms with E-state index in [0.717, 1.165) is 18.3 Å². The summed E-state index contributed by atoms with van der Waals surface area (Å²) in [6.45, 7) is 1.47.